The van der Waals surface area contributed by atoms with E-state index in [4.69, 9.17) is 0 Å². The fraction of sp³-hybridized carbons (Fsp3) is 0.600. The van der Waals surface area contributed by atoms with E-state index in [9.17, 15) is 4.79 Å². The number of guanidine groups is 1. The fourth-order valence-corrected chi connectivity index (χ4v) is 3.69. The Morgan fingerprint density at radius 1 is 1.19 bits per heavy atom. The maximum Gasteiger partial charge on any atom is 0.222 e. The quantitative estimate of drug-likeness (QED) is 0.418. The summed E-state index contributed by atoms with van der Waals surface area (Å²) < 4.78 is 0. The number of aliphatic imine (C=N–C) groups is 1. The lowest BCUT2D eigenvalue weighted by atomic mass is 9.99. The Labute approximate surface area is 174 Å². The van der Waals surface area contributed by atoms with Crippen LogP contribution in [0.2, 0.25) is 0 Å². The monoisotopic (exact) mass is 470 g/mol. The van der Waals surface area contributed by atoms with Crippen LogP contribution in [0, 0.1) is 5.92 Å². The van der Waals surface area contributed by atoms with Crippen molar-refractivity contribution < 1.29 is 4.79 Å². The second kappa shape index (κ2) is 10.1. The van der Waals surface area contributed by atoms with Crippen LogP contribution in [-0.4, -0.2) is 48.3 Å². The normalized spacial score (nSPS) is 18.8. The summed E-state index contributed by atoms with van der Waals surface area (Å²) in [6, 6.07) is 8.40. The van der Waals surface area contributed by atoms with Crippen LogP contribution in [-0.2, 0) is 17.9 Å². The number of hydrogen-bond acceptors (Lipinski definition) is 2. The van der Waals surface area contributed by atoms with Crippen LogP contribution in [0.15, 0.2) is 29.3 Å². The molecule has 0 spiro atoms. The number of benzene rings is 1. The summed E-state index contributed by atoms with van der Waals surface area (Å²) >= 11 is 0. The maximum atomic E-state index is 11.9. The number of nitrogens with zero attached hydrogens (tertiary/aromatic N) is 3. The molecule has 2 aliphatic heterocycles. The first-order chi connectivity index (χ1) is 12.2. The van der Waals surface area contributed by atoms with Gasteiger partial charge in [0.25, 0.3) is 0 Å². The number of carbonyl (C=O) groups excluding carboxylic acids is 1. The highest BCUT2D eigenvalue weighted by Gasteiger charge is 2.21. The standard InChI is InChI=1S/C20H30N4O.HI/c1-16-9-12-23(13-10-16)20(21-2)22-14-17-6-3-4-7-18(17)15-24-11-5-8-19(24)25;/h3-4,6-7,16H,5,8-15H2,1-2H3,(H,21,22);1H. The van der Waals surface area contributed by atoms with Crippen LogP contribution in [0.25, 0.3) is 0 Å². The third kappa shape index (κ3) is 5.34. The van der Waals surface area contributed by atoms with Crippen molar-refractivity contribution in [1.29, 1.82) is 0 Å². The molecule has 6 heteroatoms. The molecule has 2 saturated heterocycles. The number of amides is 1. The summed E-state index contributed by atoms with van der Waals surface area (Å²) in [5.41, 5.74) is 2.47. The minimum Gasteiger partial charge on any atom is -0.352 e. The van der Waals surface area contributed by atoms with Crippen LogP contribution >= 0.6 is 24.0 Å². The van der Waals surface area contributed by atoms with Crippen LogP contribution < -0.4 is 5.32 Å². The zero-order valence-corrected chi connectivity index (χ0v) is 18.2. The molecule has 0 aromatic heterocycles. The summed E-state index contributed by atoms with van der Waals surface area (Å²) in [5, 5.41) is 3.52. The van der Waals surface area contributed by atoms with Gasteiger partial charge in [-0.1, -0.05) is 31.2 Å². The summed E-state index contributed by atoms with van der Waals surface area (Å²) in [6.07, 6.45) is 4.14. The van der Waals surface area contributed by atoms with Gasteiger partial charge in [-0.15, -0.1) is 24.0 Å². The highest BCUT2D eigenvalue weighted by molar-refractivity contribution is 14.0. The average molecular weight is 470 g/mol. The Hall–Kier alpha value is -1.31. The summed E-state index contributed by atoms with van der Waals surface area (Å²) in [6.45, 7) is 6.82. The summed E-state index contributed by atoms with van der Waals surface area (Å²) in [5.74, 6) is 2.08. The van der Waals surface area contributed by atoms with Gasteiger partial charge in [-0.25, -0.2) is 0 Å². The second-order valence-corrected chi connectivity index (χ2v) is 7.26. The first-order valence-electron chi connectivity index (χ1n) is 9.47. The molecule has 1 amide bonds. The Morgan fingerprint density at radius 2 is 1.88 bits per heavy atom. The van der Waals surface area contributed by atoms with Crippen LogP contribution in [0.1, 0.15) is 43.7 Å². The summed E-state index contributed by atoms with van der Waals surface area (Å²) in [7, 11) is 1.86. The zero-order valence-electron chi connectivity index (χ0n) is 15.9. The van der Waals surface area contributed by atoms with Gasteiger partial charge < -0.3 is 15.1 Å². The molecule has 0 bridgehead atoms. The van der Waals surface area contributed by atoms with Gasteiger partial charge in [0, 0.05) is 46.2 Å². The maximum absolute atomic E-state index is 11.9. The van der Waals surface area contributed by atoms with E-state index in [1.807, 2.05) is 11.9 Å². The molecule has 3 rings (SSSR count). The molecule has 0 aliphatic carbocycles. The molecule has 1 aromatic rings. The number of hydrogen-bond donors (Lipinski definition) is 1. The topological polar surface area (TPSA) is 47.9 Å². The third-order valence-electron chi connectivity index (χ3n) is 5.38. The molecule has 0 unspecified atom stereocenters. The van der Waals surface area contributed by atoms with E-state index in [1.165, 1.54) is 24.0 Å². The van der Waals surface area contributed by atoms with Crippen molar-refractivity contribution in [3.63, 3.8) is 0 Å². The third-order valence-corrected chi connectivity index (χ3v) is 5.38. The molecule has 5 nitrogen and oxygen atoms in total. The fourth-order valence-electron chi connectivity index (χ4n) is 3.69. The van der Waals surface area contributed by atoms with Crippen molar-refractivity contribution >= 4 is 35.8 Å². The average Bonchev–Trinajstić information content (AvgIpc) is 3.03. The zero-order chi connectivity index (χ0) is 17.6. The van der Waals surface area contributed by atoms with Gasteiger partial charge in [0.2, 0.25) is 5.91 Å². The van der Waals surface area contributed by atoms with Crippen molar-refractivity contribution in [3.05, 3.63) is 35.4 Å². The van der Waals surface area contributed by atoms with Gasteiger partial charge in [-0.2, -0.15) is 0 Å². The minimum atomic E-state index is 0. The number of likely N-dealkylation sites (tertiary alicyclic amines) is 2. The lowest BCUT2D eigenvalue weighted by Gasteiger charge is -2.33. The van der Waals surface area contributed by atoms with Crippen LogP contribution in [0.3, 0.4) is 0 Å². The molecule has 0 atom stereocenters. The molecule has 26 heavy (non-hydrogen) atoms. The molecular weight excluding hydrogens is 439 g/mol. The number of nitrogens with one attached hydrogen (secondary N) is 1. The Bertz CT molecular complexity index is 626. The molecule has 0 radical (unpaired) electrons. The van der Waals surface area contributed by atoms with E-state index in [-0.39, 0.29) is 29.9 Å². The van der Waals surface area contributed by atoms with E-state index in [2.05, 4.69) is 46.4 Å². The second-order valence-electron chi connectivity index (χ2n) is 7.26. The number of piperidine rings is 1. The van der Waals surface area contributed by atoms with Gasteiger partial charge in [-0.3, -0.25) is 9.79 Å². The lowest BCUT2D eigenvalue weighted by Crippen LogP contribution is -2.45. The molecule has 2 fully saturated rings. The van der Waals surface area contributed by atoms with E-state index in [0.29, 0.717) is 6.42 Å². The molecule has 144 valence electrons. The molecular formula is C20H31IN4O. The van der Waals surface area contributed by atoms with E-state index >= 15 is 0 Å². The number of carbonyl (C=O) groups is 1. The van der Waals surface area contributed by atoms with Gasteiger partial charge in [0.05, 0.1) is 0 Å². The van der Waals surface area contributed by atoms with Gasteiger partial charge in [-0.05, 0) is 36.3 Å². The van der Waals surface area contributed by atoms with Crippen molar-refractivity contribution in [1.82, 2.24) is 15.1 Å². The van der Waals surface area contributed by atoms with E-state index < -0.39 is 0 Å². The van der Waals surface area contributed by atoms with Crippen molar-refractivity contribution in [2.75, 3.05) is 26.7 Å². The molecule has 1 N–H and O–H groups in total. The number of halogens is 1. The lowest BCUT2D eigenvalue weighted by molar-refractivity contribution is -0.128. The predicted octanol–water partition coefficient (Wildman–Crippen LogP) is 3.23. The van der Waals surface area contributed by atoms with Gasteiger partial charge in [0.15, 0.2) is 5.96 Å². The Morgan fingerprint density at radius 3 is 2.50 bits per heavy atom. The van der Waals surface area contributed by atoms with Crippen molar-refractivity contribution in [3.8, 4) is 0 Å². The molecule has 2 heterocycles. The van der Waals surface area contributed by atoms with Gasteiger partial charge >= 0.3 is 0 Å². The highest BCUT2D eigenvalue weighted by Crippen LogP contribution is 2.18. The highest BCUT2D eigenvalue weighted by atomic mass is 127. The smallest absolute Gasteiger partial charge is 0.222 e. The van der Waals surface area contributed by atoms with Gasteiger partial charge in [0.1, 0.15) is 0 Å². The number of rotatable bonds is 4. The summed E-state index contributed by atoms with van der Waals surface area (Å²) in [4.78, 5) is 20.7. The first kappa shape index (κ1) is 21.0. The van der Waals surface area contributed by atoms with E-state index in [0.717, 1.165) is 51.0 Å². The van der Waals surface area contributed by atoms with Crippen LogP contribution in [0.4, 0.5) is 0 Å². The predicted molar refractivity (Wildman–Crippen MR) is 117 cm³/mol. The minimum absolute atomic E-state index is 0. The first-order valence-corrected chi connectivity index (χ1v) is 9.47. The Kier molecular flexibility index (Phi) is 8.18. The largest absolute Gasteiger partial charge is 0.352 e. The van der Waals surface area contributed by atoms with Crippen LogP contribution in [0.5, 0.6) is 0 Å². The van der Waals surface area contributed by atoms with Crippen molar-refractivity contribution in [2.24, 2.45) is 10.9 Å². The van der Waals surface area contributed by atoms with Crippen molar-refractivity contribution in [2.45, 2.75) is 45.7 Å². The molecule has 0 saturated carbocycles. The van der Waals surface area contributed by atoms with E-state index in [1.54, 1.807) is 0 Å². The Balaban J connectivity index is 0.00000243. The molecule has 1 aromatic carbocycles. The SMILES string of the molecule is CN=C(NCc1ccccc1CN1CCCC1=O)N1CCC(C)CC1.I. The molecule has 2 aliphatic rings.